The van der Waals surface area contributed by atoms with E-state index in [0.717, 1.165) is 35.0 Å². The fraction of sp³-hybridized carbons (Fsp3) is 0.258. The Kier molecular flexibility index (Phi) is 8.92. The Hall–Kier alpha value is -3.86. The number of thiophene rings is 1. The van der Waals surface area contributed by atoms with E-state index in [0.29, 0.717) is 24.5 Å². The quantitative estimate of drug-likeness (QED) is 0.260. The number of ether oxygens (including phenoxy) is 1. The third-order valence-corrected chi connectivity index (χ3v) is 9.58. The van der Waals surface area contributed by atoms with E-state index in [9.17, 15) is 13.2 Å². The van der Waals surface area contributed by atoms with Gasteiger partial charge in [0.1, 0.15) is 10.6 Å². The highest BCUT2D eigenvalue weighted by Gasteiger charge is 2.27. The van der Waals surface area contributed by atoms with Gasteiger partial charge in [0.25, 0.3) is 0 Å². The zero-order chi connectivity index (χ0) is 28.8. The number of methoxy groups -OCH3 is 1. The maximum atomic E-state index is 13.8. The Labute approximate surface area is 245 Å². The van der Waals surface area contributed by atoms with Gasteiger partial charge in [0.05, 0.1) is 19.2 Å². The number of hydrogen-bond acceptors (Lipinski definition) is 7. The van der Waals surface area contributed by atoms with Gasteiger partial charge in [-0.1, -0.05) is 36.4 Å². The molecule has 1 amide bonds. The van der Waals surface area contributed by atoms with Crippen LogP contribution in [-0.4, -0.2) is 47.6 Å². The molecule has 1 aromatic heterocycles. The molecule has 214 valence electrons. The Bertz CT molecular complexity index is 1550. The minimum Gasteiger partial charge on any atom is -0.497 e. The van der Waals surface area contributed by atoms with Crippen LogP contribution in [0.5, 0.6) is 5.75 Å². The Morgan fingerprint density at radius 2 is 1.63 bits per heavy atom. The Morgan fingerprint density at radius 1 is 0.927 bits per heavy atom. The van der Waals surface area contributed by atoms with E-state index in [1.165, 1.54) is 11.3 Å². The van der Waals surface area contributed by atoms with E-state index in [1.807, 2.05) is 79.0 Å². The van der Waals surface area contributed by atoms with Gasteiger partial charge in [-0.25, -0.2) is 13.1 Å². The summed E-state index contributed by atoms with van der Waals surface area (Å²) in [7, 11) is -2.29. The zero-order valence-corrected chi connectivity index (χ0v) is 24.8. The summed E-state index contributed by atoms with van der Waals surface area (Å²) in [5.74, 6) is 0.615. The van der Waals surface area contributed by atoms with Crippen LogP contribution in [-0.2, 0) is 21.2 Å². The molecular formula is C31H34N4O4S2. The lowest BCUT2D eigenvalue weighted by Crippen LogP contribution is -2.47. The van der Waals surface area contributed by atoms with Crippen molar-refractivity contribution in [3.8, 4) is 5.75 Å². The number of benzene rings is 3. The summed E-state index contributed by atoms with van der Waals surface area (Å²) in [4.78, 5) is 18.2. The molecule has 41 heavy (non-hydrogen) atoms. The third-order valence-electron chi connectivity index (χ3n) is 7.14. The summed E-state index contributed by atoms with van der Waals surface area (Å²) in [6.45, 7) is 4.59. The van der Waals surface area contributed by atoms with Gasteiger partial charge < -0.3 is 19.9 Å². The number of sulfonamides is 1. The van der Waals surface area contributed by atoms with Gasteiger partial charge in [-0.3, -0.25) is 4.79 Å². The average Bonchev–Trinajstić information content (AvgIpc) is 3.50. The first-order valence-electron chi connectivity index (χ1n) is 13.5. The van der Waals surface area contributed by atoms with Crippen molar-refractivity contribution in [3.63, 3.8) is 0 Å². The van der Waals surface area contributed by atoms with Crippen molar-refractivity contribution in [1.29, 1.82) is 0 Å². The van der Waals surface area contributed by atoms with Crippen LogP contribution in [0.15, 0.2) is 95.2 Å². The van der Waals surface area contributed by atoms with E-state index < -0.39 is 16.1 Å². The van der Waals surface area contributed by atoms with Gasteiger partial charge >= 0.3 is 0 Å². The Morgan fingerprint density at radius 3 is 2.29 bits per heavy atom. The van der Waals surface area contributed by atoms with Crippen molar-refractivity contribution in [2.75, 3.05) is 48.4 Å². The van der Waals surface area contributed by atoms with Crippen molar-refractivity contribution >= 4 is 44.3 Å². The monoisotopic (exact) mass is 590 g/mol. The minimum absolute atomic E-state index is 0.145. The summed E-state index contributed by atoms with van der Waals surface area (Å²) in [5, 5.41) is 4.81. The van der Waals surface area contributed by atoms with Crippen LogP contribution < -0.4 is 24.6 Å². The summed E-state index contributed by atoms with van der Waals surface area (Å²) >= 11 is 1.51. The topological polar surface area (TPSA) is 91.0 Å². The molecule has 3 aromatic carbocycles. The highest BCUT2D eigenvalue weighted by Crippen LogP contribution is 2.32. The summed E-state index contributed by atoms with van der Waals surface area (Å²) < 4.78 is 35.8. The van der Waals surface area contributed by atoms with Gasteiger partial charge in [0.2, 0.25) is 15.9 Å². The predicted molar refractivity (Wildman–Crippen MR) is 166 cm³/mol. The van der Waals surface area contributed by atoms with Crippen LogP contribution >= 0.6 is 11.3 Å². The second kappa shape index (κ2) is 12.8. The van der Waals surface area contributed by atoms with E-state index in [4.69, 9.17) is 4.74 Å². The van der Waals surface area contributed by atoms with Gasteiger partial charge in [-0.15, -0.1) is 11.3 Å². The fourth-order valence-electron chi connectivity index (χ4n) is 4.95. The molecule has 10 heteroatoms. The molecule has 2 heterocycles. The van der Waals surface area contributed by atoms with E-state index in [2.05, 4.69) is 19.8 Å². The lowest BCUT2D eigenvalue weighted by molar-refractivity contribution is -0.115. The van der Waals surface area contributed by atoms with E-state index in [1.54, 1.807) is 25.3 Å². The first-order chi connectivity index (χ1) is 19.8. The summed E-state index contributed by atoms with van der Waals surface area (Å²) in [6, 6.07) is 25.9. The highest BCUT2D eigenvalue weighted by atomic mass is 32.2. The average molecular weight is 591 g/mol. The minimum atomic E-state index is -3.94. The molecule has 2 N–H and O–H groups in total. The van der Waals surface area contributed by atoms with Crippen LogP contribution in [0.3, 0.4) is 0 Å². The molecule has 4 aromatic rings. The van der Waals surface area contributed by atoms with Crippen LogP contribution in [0.25, 0.3) is 0 Å². The Balaban J connectivity index is 1.38. The van der Waals surface area contributed by atoms with Crippen molar-refractivity contribution in [2.45, 2.75) is 24.3 Å². The van der Waals surface area contributed by atoms with Crippen LogP contribution in [0.1, 0.15) is 23.4 Å². The molecule has 0 unspecified atom stereocenters. The number of nitrogens with zero attached hydrogens (tertiary/aromatic N) is 2. The molecule has 1 atom stereocenters. The lowest BCUT2D eigenvalue weighted by atomic mass is 10.1. The number of anilines is 3. The van der Waals surface area contributed by atoms with Gasteiger partial charge in [0.15, 0.2) is 0 Å². The zero-order valence-electron chi connectivity index (χ0n) is 23.1. The van der Waals surface area contributed by atoms with Gasteiger partial charge in [0, 0.05) is 48.5 Å². The SMILES string of the molecule is COc1ccc(N2CCN(c3ccc(NC(=O)Cc4cccs4)cc3S(=O)(=O)N[C@@H](C)c3ccccc3)CC2)cc1. The molecular weight excluding hydrogens is 556 g/mol. The van der Waals surface area contributed by atoms with E-state index >= 15 is 0 Å². The van der Waals surface area contributed by atoms with Gasteiger partial charge in [-0.2, -0.15) is 0 Å². The van der Waals surface area contributed by atoms with E-state index in [-0.39, 0.29) is 17.2 Å². The maximum Gasteiger partial charge on any atom is 0.243 e. The number of carbonyl (C=O) groups is 1. The van der Waals surface area contributed by atoms with Crippen LogP contribution in [0, 0.1) is 0 Å². The summed E-state index contributed by atoms with van der Waals surface area (Å²) in [6.07, 6.45) is 0.234. The molecule has 1 fully saturated rings. The third kappa shape index (κ3) is 7.08. The predicted octanol–water partition coefficient (Wildman–Crippen LogP) is 5.30. The maximum absolute atomic E-state index is 13.8. The van der Waals surface area contributed by atoms with Crippen LogP contribution in [0.2, 0.25) is 0 Å². The summed E-state index contributed by atoms with van der Waals surface area (Å²) in [5.41, 5.74) is 3.02. The van der Waals surface area contributed by atoms with Crippen LogP contribution in [0.4, 0.5) is 17.1 Å². The molecule has 0 bridgehead atoms. The first kappa shape index (κ1) is 28.7. The molecule has 1 aliphatic rings. The normalized spacial score (nSPS) is 14.5. The number of piperazine rings is 1. The molecule has 0 spiro atoms. The second-order valence-corrected chi connectivity index (χ2v) is 12.6. The molecule has 0 saturated carbocycles. The molecule has 5 rings (SSSR count). The number of hydrogen-bond donors (Lipinski definition) is 2. The molecule has 1 aliphatic heterocycles. The number of carbonyl (C=O) groups excluding carboxylic acids is 1. The standard InChI is InChI=1S/C31H34N4O4S2/c1-23(24-7-4-3-5-8-24)33-41(37,38)30-21-25(32-31(36)22-28-9-6-20-40-28)10-15-29(30)35-18-16-34(17-19-35)26-11-13-27(39-2)14-12-26/h3-15,20-21,23,33H,16-19,22H2,1-2H3,(H,32,36)/t23-/m0/s1. The largest absolute Gasteiger partial charge is 0.497 e. The van der Waals surface area contributed by atoms with Crippen molar-refractivity contribution in [2.24, 2.45) is 0 Å². The number of amides is 1. The molecule has 0 aliphatic carbocycles. The lowest BCUT2D eigenvalue weighted by Gasteiger charge is -2.38. The fourth-order valence-corrected chi connectivity index (χ4v) is 7.14. The van der Waals surface area contributed by atoms with Crippen molar-refractivity contribution < 1.29 is 17.9 Å². The highest BCUT2D eigenvalue weighted by molar-refractivity contribution is 7.89. The smallest absolute Gasteiger partial charge is 0.243 e. The number of rotatable bonds is 10. The number of nitrogens with one attached hydrogen (secondary N) is 2. The van der Waals surface area contributed by atoms with Crippen molar-refractivity contribution in [1.82, 2.24) is 4.72 Å². The molecule has 0 radical (unpaired) electrons. The molecule has 8 nitrogen and oxygen atoms in total. The van der Waals surface area contributed by atoms with Gasteiger partial charge in [-0.05, 0) is 66.4 Å². The van der Waals surface area contributed by atoms with Crippen molar-refractivity contribution in [3.05, 3.63) is 101 Å². The second-order valence-electron chi connectivity index (χ2n) is 9.91. The first-order valence-corrected chi connectivity index (χ1v) is 15.9. The molecule has 1 saturated heterocycles.